The molecule has 1 heterocycles. The zero-order chi connectivity index (χ0) is 18.3. The zero-order valence-corrected chi connectivity index (χ0v) is 15.0. The van der Waals surface area contributed by atoms with E-state index in [0.717, 1.165) is 6.08 Å². The average molecular weight is 381 g/mol. The third kappa shape index (κ3) is 6.21. The minimum Gasteiger partial charge on any atom is -0.493 e. The topological polar surface area (TPSA) is 85.4 Å². The first-order chi connectivity index (χ1) is 11.9. The third-order valence-electron chi connectivity index (χ3n) is 3.03. The van der Waals surface area contributed by atoms with Gasteiger partial charge in [-0.1, -0.05) is 35.9 Å². The fourth-order valence-corrected chi connectivity index (χ4v) is 3.17. The van der Waals surface area contributed by atoms with Gasteiger partial charge in [-0.3, -0.25) is 4.79 Å². The number of carbonyl (C=O) groups excluding carboxylic acids is 1. The van der Waals surface area contributed by atoms with E-state index < -0.39 is 15.9 Å². The number of sulfonamides is 1. The molecule has 0 fully saturated rings. The molecule has 6 nitrogen and oxygen atoms in total. The summed E-state index contributed by atoms with van der Waals surface area (Å²) < 4.78 is 31.5. The van der Waals surface area contributed by atoms with Crippen LogP contribution in [0, 0.1) is 0 Å². The number of ether oxygens (including phenoxy) is 1. The Labute approximate surface area is 151 Å². The van der Waals surface area contributed by atoms with Gasteiger partial charge in [0, 0.05) is 17.8 Å². The SMILES string of the molecule is CCOc1ccccc1C=CC(=O)NS(=O)(=O)Cc1ccc(Cl)nc1. The molecule has 8 heteroatoms. The molecule has 0 radical (unpaired) electrons. The predicted octanol–water partition coefficient (Wildman–Crippen LogP) is 2.79. The predicted molar refractivity (Wildman–Crippen MR) is 96.7 cm³/mol. The molecule has 0 atom stereocenters. The van der Waals surface area contributed by atoms with Crippen molar-refractivity contribution >= 4 is 33.6 Å². The number of para-hydroxylation sites is 1. The highest BCUT2D eigenvalue weighted by Crippen LogP contribution is 2.19. The Morgan fingerprint density at radius 2 is 2.04 bits per heavy atom. The molecule has 1 N–H and O–H groups in total. The molecule has 0 aliphatic rings. The smallest absolute Gasteiger partial charge is 0.257 e. The summed E-state index contributed by atoms with van der Waals surface area (Å²) >= 11 is 5.65. The highest BCUT2D eigenvalue weighted by atomic mass is 35.5. The molecule has 1 aromatic carbocycles. The Morgan fingerprint density at radius 1 is 1.28 bits per heavy atom. The van der Waals surface area contributed by atoms with E-state index in [1.807, 2.05) is 17.7 Å². The second-order valence-corrected chi connectivity index (χ2v) is 7.13. The van der Waals surface area contributed by atoms with Gasteiger partial charge >= 0.3 is 0 Å². The van der Waals surface area contributed by atoms with Gasteiger partial charge in [-0.15, -0.1) is 0 Å². The quantitative estimate of drug-likeness (QED) is 0.589. The van der Waals surface area contributed by atoms with Crippen LogP contribution >= 0.6 is 11.6 Å². The first-order valence-corrected chi connectivity index (χ1v) is 9.47. The minimum absolute atomic E-state index is 0.265. The number of benzene rings is 1. The monoisotopic (exact) mass is 380 g/mol. The van der Waals surface area contributed by atoms with E-state index in [2.05, 4.69) is 4.98 Å². The van der Waals surface area contributed by atoms with Crippen LogP contribution in [0.15, 0.2) is 48.7 Å². The van der Waals surface area contributed by atoms with Gasteiger partial charge in [-0.2, -0.15) is 0 Å². The Bertz CT molecular complexity index is 864. The van der Waals surface area contributed by atoms with Crippen LogP contribution in [0.4, 0.5) is 0 Å². The highest BCUT2D eigenvalue weighted by molar-refractivity contribution is 7.89. The second kappa shape index (κ2) is 8.64. The molecule has 25 heavy (non-hydrogen) atoms. The van der Waals surface area contributed by atoms with E-state index in [1.54, 1.807) is 18.2 Å². The number of rotatable bonds is 7. The first kappa shape index (κ1) is 19.0. The molecule has 0 aliphatic heterocycles. The van der Waals surface area contributed by atoms with Crippen molar-refractivity contribution in [1.82, 2.24) is 9.71 Å². The van der Waals surface area contributed by atoms with Crippen molar-refractivity contribution in [2.24, 2.45) is 0 Å². The number of pyridine rings is 1. The van der Waals surface area contributed by atoms with E-state index in [9.17, 15) is 13.2 Å². The maximum Gasteiger partial charge on any atom is 0.257 e. The summed E-state index contributed by atoms with van der Waals surface area (Å²) in [6.45, 7) is 2.34. The molecule has 2 rings (SSSR count). The molecule has 132 valence electrons. The fourth-order valence-electron chi connectivity index (χ4n) is 2.01. The van der Waals surface area contributed by atoms with E-state index in [0.29, 0.717) is 23.5 Å². The lowest BCUT2D eigenvalue weighted by Crippen LogP contribution is -2.30. The lowest BCUT2D eigenvalue weighted by atomic mass is 10.2. The molecule has 2 aromatic rings. The van der Waals surface area contributed by atoms with Crippen molar-refractivity contribution in [3.8, 4) is 5.75 Å². The minimum atomic E-state index is -3.84. The summed E-state index contributed by atoms with van der Waals surface area (Å²) in [6.07, 6.45) is 4.00. The molecule has 0 saturated heterocycles. The number of aromatic nitrogens is 1. The van der Waals surface area contributed by atoms with Crippen molar-refractivity contribution in [2.45, 2.75) is 12.7 Å². The van der Waals surface area contributed by atoms with Gasteiger partial charge in [-0.25, -0.2) is 18.1 Å². The number of hydrogen-bond donors (Lipinski definition) is 1. The van der Waals surface area contributed by atoms with Crippen LogP contribution in [-0.2, 0) is 20.6 Å². The van der Waals surface area contributed by atoms with Crippen LogP contribution in [-0.4, -0.2) is 25.9 Å². The number of halogens is 1. The Morgan fingerprint density at radius 3 is 2.72 bits per heavy atom. The Hall–Kier alpha value is -2.38. The van der Waals surface area contributed by atoms with Crippen molar-refractivity contribution in [3.05, 3.63) is 65.0 Å². The molecular formula is C17H17ClN2O4S. The molecule has 0 unspecified atom stereocenters. The normalized spacial score (nSPS) is 11.4. The third-order valence-corrected chi connectivity index (χ3v) is 4.48. The molecule has 1 aromatic heterocycles. The molecule has 1 amide bonds. The molecule has 0 aliphatic carbocycles. The summed E-state index contributed by atoms with van der Waals surface area (Å²) in [5.41, 5.74) is 1.11. The van der Waals surface area contributed by atoms with Gasteiger partial charge in [0.25, 0.3) is 5.91 Å². The van der Waals surface area contributed by atoms with Gasteiger partial charge in [0.15, 0.2) is 0 Å². The summed E-state index contributed by atoms with van der Waals surface area (Å²) in [7, 11) is -3.84. The summed E-state index contributed by atoms with van der Waals surface area (Å²) in [5, 5.41) is 0.265. The molecule has 0 spiro atoms. The molecule has 0 saturated carbocycles. The maximum atomic E-state index is 12.0. The first-order valence-electron chi connectivity index (χ1n) is 7.44. The van der Waals surface area contributed by atoms with Crippen LogP contribution < -0.4 is 9.46 Å². The number of nitrogens with zero attached hydrogens (tertiary/aromatic N) is 1. The van der Waals surface area contributed by atoms with Crippen molar-refractivity contribution < 1.29 is 17.9 Å². The van der Waals surface area contributed by atoms with E-state index >= 15 is 0 Å². The number of amides is 1. The highest BCUT2D eigenvalue weighted by Gasteiger charge is 2.14. The Balaban J connectivity index is 2.02. The van der Waals surface area contributed by atoms with Crippen LogP contribution in [0.1, 0.15) is 18.1 Å². The van der Waals surface area contributed by atoms with Crippen molar-refractivity contribution in [2.75, 3.05) is 6.61 Å². The average Bonchev–Trinajstić information content (AvgIpc) is 2.56. The van der Waals surface area contributed by atoms with Gasteiger partial charge in [-0.05, 0) is 30.7 Å². The summed E-state index contributed by atoms with van der Waals surface area (Å²) in [5.74, 6) is -0.496. The van der Waals surface area contributed by atoms with E-state index in [-0.39, 0.29) is 10.9 Å². The van der Waals surface area contributed by atoms with Crippen molar-refractivity contribution in [1.29, 1.82) is 0 Å². The van der Waals surface area contributed by atoms with Crippen molar-refractivity contribution in [3.63, 3.8) is 0 Å². The number of carbonyl (C=O) groups is 1. The van der Waals surface area contributed by atoms with Crippen LogP contribution in [0.2, 0.25) is 5.15 Å². The summed E-state index contributed by atoms with van der Waals surface area (Å²) in [6, 6.07) is 10.2. The van der Waals surface area contributed by atoms with Gasteiger partial charge < -0.3 is 4.74 Å². The van der Waals surface area contributed by atoms with Gasteiger partial charge in [0.1, 0.15) is 10.9 Å². The zero-order valence-electron chi connectivity index (χ0n) is 13.5. The maximum absolute atomic E-state index is 12.0. The van der Waals surface area contributed by atoms with Crippen LogP contribution in [0.25, 0.3) is 6.08 Å². The lowest BCUT2D eigenvalue weighted by Gasteiger charge is -2.07. The van der Waals surface area contributed by atoms with Gasteiger partial charge in [0.2, 0.25) is 10.0 Å². The largest absolute Gasteiger partial charge is 0.493 e. The lowest BCUT2D eigenvalue weighted by molar-refractivity contribution is -0.114. The molecule has 0 bridgehead atoms. The second-order valence-electron chi connectivity index (χ2n) is 5.02. The summed E-state index contributed by atoms with van der Waals surface area (Å²) in [4.78, 5) is 15.7. The fraction of sp³-hybridized carbons (Fsp3) is 0.176. The number of nitrogens with one attached hydrogen (secondary N) is 1. The molecular weight excluding hydrogens is 364 g/mol. The van der Waals surface area contributed by atoms with Crippen LogP contribution in [0.3, 0.4) is 0 Å². The van der Waals surface area contributed by atoms with Crippen LogP contribution in [0.5, 0.6) is 5.75 Å². The Kier molecular flexibility index (Phi) is 6.55. The van der Waals surface area contributed by atoms with Gasteiger partial charge in [0.05, 0.1) is 12.4 Å². The standard InChI is InChI=1S/C17H17ClN2O4S/c1-2-24-15-6-4-3-5-14(15)8-10-17(21)20-25(22,23)12-13-7-9-16(18)19-11-13/h3-11H,2,12H2,1H3,(H,20,21). The van der Waals surface area contributed by atoms with E-state index in [1.165, 1.54) is 24.4 Å². The van der Waals surface area contributed by atoms with E-state index in [4.69, 9.17) is 16.3 Å². The number of hydrogen-bond acceptors (Lipinski definition) is 5.